The van der Waals surface area contributed by atoms with Crippen LogP contribution in [0.2, 0.25) is 0 Å². The summed E-state index contributed by atoms with van der Waals surface area (Å²) in [5.74, 6) is -0.344. The molecule has 0 amide bonds. The third-order valence-electron chi connectivity index (χ3n) is 1.06. The van der Waals surface area contributed by atoms with Crippen LogP contribution in [0.15, 0.2) is 24.3 Å². The van der Waals surface area contributed by atoms with Gasteiger partial charge < -0.3 is 5.11 Å². The maximum Gasteiger partial charge on any atom is 1.00 e. The van der Waals surface area contributed by atoms with Crippen LogP contribution >= 0.6 is 0 Å². The Balaban J connectivity index is 0.000000810. The molecule has 0 atom stereocenters. The first-order chi connectivity index (χ1) is 4.33. The van der Waals surface area contributed by atoms with Crippen molar-refractivity contribution in [2.45, 2.75) is 6.61 Å². The molecule has 0 spiro atoms. The number of rotatable bonds is 1. The Hall–Kier alpha value is -0.293. The van der Waals surface area contributed by atoms with Gasteiger partial charge in [-0.25, -0.2) is 4.39 Å². The molecule has 0 saturated carbocycles. The molecule has 10 heavy (non-hydrogen) atoms. The second kappa shape index (κ2) is 4.51. The second-order valence-electron chi connectivity index (χ2n) is 1.77. The summed E-state index contributed by atoms with van der Waals surface area (Å²) in [4.78, 5) is 0. The van der Waals surface area contributed by atoms with E-state index in [9.17, 15) is 9.50 Å². The Morgan fingerprint density at radius 2 is 2.10 bits per heavy atom. The topological polar surface area (TPSA) is 23.1 Å². The quantitative estimate of drug-likeness (QED) is 0.394. The molecule has 1 aromatic rings. The molecular weight excluding hydrogens is 126 g/mol. The minimum absolute atomic E-state index is 0. The molecule has 0 unspecified atom stereocenters. The molecule has 1 nitrogen and oxygen atoms in total. The van der Waals surface area contributed by atoms with Crippen molar-refractivity contribution in [3.63, 3.8) is 0 Å². The van der Waals surface area contributed by atoms with E-state index in [1.807, 2.05) is 0 Å². The smallest absolute Gasteiger partial charge is 0.851 e. The predicted molar refractivity (Wildman–Crippen MR) is 30.1 cm³/mol. The average molecular weight is 132 g/mol. The van der Waals surface area contributed by atoms with Crippen LogP contribution in [0.1, 0.15) is 5.56 Å². The van der Waals surface area contributed by atoms with E-state index in [0.717, 1.165) is 0 Å². The molecule has 0 aromatic heterocycles. The summed E-state index contributed by atoms with van der Waals surface area (Å²) in [5, 5.41) is 10.1. The van der Waals surface area contributed by atoms with Gasteiger partial charge in [0, 0.05) is 0 Å². The summed E-state index contributed by atoms with van der Waals surface area (Å²) < 4.78 is 12.2. The molecule has 0 heterocycles. The molecule has 0 radical (unpaired) electrons. The Bertz CT molecular complexity index is 203. The van der Waals surface area contributed by atoms with Crippen molar-refractivity contribution in [1.29, 1.82) is 0 Å². The van der Waals surface area contributed by atoms with Crippen LogP contribution in [0.3, 0.4) is 0 Å². The first-order valence-corrected chi connectivity index (χ1v) is 2.65. The zero-order chi connectivity index (χ0) is 6.69. The molecule has 48 valence electrons. The van der Waals surface area contributed by atoms with Gasteiger partial charge in [0.1, 0.15) is 5.82 Å². The molecule has 0 N–H and O–H groups in total. The molecular formula is C7H6FLiO. The van der Waals surface area contributed by atoms with Crippen molar-refractivity contribution in [3.05, 3.63) is 35.6 Å². The summed E-state index contributed by atoms with van der Waals surface area (Å²) in [5.41, 5.74) is 0.495. The predicted octanol–water partition coefficient (Wildman–Crippen LogP) is -2.31. The summed E-state index contributed by atoms with van der Waals surface area (Å²) in [7, 11) is 0. The van der Waals surface area contributed by atoms with Crippen molar-refractivity contribution in [2.75, 3.05) is 0 Å². The first-order valence-electron chi connectivity index (χ1n) is 2.65. The summed E-state index contributed by atoms with van der Waals surface area (Å²) in [6, 6.07) is 5.70. The van der Waals surface area contributed by atoms with Crippen LogP contribution < -0.4 is 24.0 Å². The van der Waals surface area contributed by atoms with Crippen LogP contribution in [0.25, 0.3) is 0 Å². The van der Waals surface area contributed by atoms with Crippen molar-refractivity contribution in [3.8, 4) is 0 Å². The van der Waals surface area contributed by atoms with E-state index in [0.29, 0.717) is 5.56 Å². The summed E-state index contributed by atoms with van der Waals surface area (Å²) in [6.07, 6.45) is 0. The van der Waals surface area contributed by atoms with Gasteiger partial charge >= 0.3 is 18.9 Å². The van der Waals surface area contributed by atoms with Gasteiger partial charge in [-0.1, -0.05) is 17.7 Å². The summed E-state index contributed by atoms with van der Waals surface area (Å²) >= 11 is 0. The Kier molecular flexibility index (Phi) is 4.38. The molecule has 0 aliphatic heterocycles. The normalized spacial score (nSPS) is 8.60. The van der Waals surface area contributed by atoms with Crippen LogP contribution in [-0.4, -0.2) is 0 Å². The van der Waals surface area contributed by atoms with Crippen LogP contribution in [0.5, 0.6) is 0 Å². The SMILES string of the molecule is [Li+].[O-]Cc1cccc(F)c1. The average Bonchev–Trinajstić information content (AvgIpc) is 1.88. The van der Waals surface area contributed by atoms with Gasteiger partial charge in [0.2, 0.25) is 0 Å². The molecule has 0 aliphatic rings. The Morgan fingerprint density at radius 3 is 2.50 bits per heavy atom. The minimum atomic E-state index is -0.349. The van der Waals surface area contributed by atoms with Gasteiger partial charge in [0.25, 0.3) is 0 Å². The third-order valence-corrected chi connectivity index (χ3v) is 1.06. The summed E-state index contributed by atoms with van der Waals surface area (Å²) in [6.45, 7) is -0.349. The van der Waals surface area contributed by atoms with Crippen molar-refractivity contribution in [1.82, 2.24) is 0 Å². The van der Waals surface area contributed by atoms with E-state index in [4.69, 9.17) is 0 Å². The number of hydrogen-bond acceptors (Lipinski definition) is 1. The van der Waals surface area contributed by atoms with Gasteiger partial charge in [-0.2, -0.15) is 0 Å². The molecule has 0 fully saturated rings. The van der Waals surface area contributed by atoms with Crippen LogP contribution in [-0.2, 0) is 6.61 Å². The maximum atomic E-state index is 12.2. The fourth-order valence-electron chi connectivity index (χ4n) is 0.627. The van der Waals surface area contributed by atoms with Gasteiger partial charge in [-0.15, -0.1) is 6.61 Å². The van der Waals surface area contributed by atoms with E-state index in [1.54, 1.807) is 6.07 Å². The number of hydrogen-bond donors (Lipinski definition) is 0. The van der Waals surface area contributed by atoms with Gasteiger partial charge in [-0.05, 0) is 12.1 Å². The van der Waals surface area contributed by atoms with Crippen LogP contribution in [0, 0.1) is 5.82 Å². The molecule has 1 rings (SSSR count). The third kappa shape index (κ3) is 2.53. The first kappa shape index (κ1) is 9.71. The fraction of sp³-hybridized carbons (Fsp3) is 0.143. The number of halogens is 1. The second-order valence-corrected chi connectivity index (χ2v) is 1.77. The number of benzene rings is 1. The zero-order valence-electron chi connectivity index (χ0n) is 5.80. The Labute approximate surface area is 71.1 Å². The molecule has 1 aromatic carbocycles. The van der Waals surface area contributed by atoms with E-state index < -0.39 is 0 Å². The van der Waals surface area contributed by atoms with E-state index in [1.165, 1.54) is 18.2 Å². The largest absolute Gasteiger partial charge is 1.00 e. The van der Waals surface area contributed by atoms with Gasteiger partial charge in [0.15, 0.2) is 0 Å². The maximum absolute atomic E-state index is 12.2. The van der Waals surface area contributed by atoms with E-state index in [-0.39, 0.29) is 31.3 Å². The van der Waals surface area contributed by atoms with Crippen molar-refractivity contribution >= 4 is 0 Å². The standard InChI is InChI=1S/C7H6FO.Li/c8-7-3-1-2-6(4-7)5-9;/h1-4H,5H2;/q-1;+1. The minimum Gasteiger partial charge on any atom is -0.851 e. The molecule has 0 bridgehead atoms. The van der Waals surface area contributed by atoms with E-state index in [2.05, 4.69) is 0 Å². The van der Waals surface area contributed by atoms with Gasteiger partial charge in [-0.3, -0.25) is 0 Å². The van der Waals surface area contributed by atoms with Gasteiger partial charge in [0.05, 0.1) is 0 Å². The van der Waals surface area contributed by atoms with Crippen LogP contribution in [0.4, 0.5) is 4.39 Å². The molecule has 0 saturated heterocycles. The molecule has 0 aliphatic carbocycles. The van der Waals surface area contributed by atoms with Crippen molar-refractivity contribution in [2.24, 2.45) is 0 Å². The monoisotopic (exact) mass is 132 g/mol. The molecule has 3 heteroatoms. The Morgan fingerprint density at radius 1 is 1.40 bits per heavy atom. The van der Waals surface area contributed by atoms with E-state index >= 15 is 0 Å². The zero-order valence-corrected chi connectivity index (χ0v) is 5.80. The van der Waals surface area contributed by atoms with Crippen molar-refractivity contribution < 1.29 is 28.4 Å². The fourth-order valence-corrected chi connectivity index (χ4v) is 0.627.